The Bertz CT molecular complexity index is 523. The Kier molecular flexibility index (Phi) is 5.87. The number of carbonyl (C=O) groups is 1. The maximum absolute atomic E-state index is 12.7. The molecule has 0 unspecified atom stereocenters. The van der Waals surface area contributed by atoms with Crippen LogP contribution in [0.4, 0.5) is 0 Å². The predicted octanol–water partition coefficient (Wildman–Crippen LogP) is 1.87. The molecule has 1 saturated carbocycles. The van der Waals surface area contributed by atoms with Gasteiger partial charge in [0.2, 0.25) is 5.91 Å². The van der Waals surface area contributed by atoms with Crippen LogP contribution in [0.1, 0.15) is 43.7 Å². The summed E-state index contributed by atoms with van der Waals surface area (Å²) in [5.41, 5.74) is 0.921. The minimum atomic E-state index is -0.332. The summed E-state index contributed by atoms with van der Waals surface area (Å²) < 4.78 is 5.47. The summed E-state index contributed by atoms with van der Waals surface area (Å²) in [5, 5.41) is 12.7. The first kappa shape index (κ1) is 17.4. The Morgan fingerprint density at radius 2 is 1.88 bits per heavy atom. The van der Waals surface area contributed by atoms with Crippen LogP contribution in [0.25, 0.3) is 0 Å². The normalized spacial score (nSPS) is 22.2. The van der Waals surface area contributed by atoms with Crippen molar-refractivity contribution in [1.82, 2.24) is 10.2 Å². The summed E-state index contributed by atoms with van der Waals surface area (Å²) >= 11 is 0. The van der Waals surface area contributed by atoms with E-state index < -0.39 is 0 Å². The molecule has 0 aromatic heterocycles. The highest BCUT2D eigenvalue weighted by Gasteiger charge is 2.41. The second kappa shape index (κ2) is 8.10. The summed E-state index contributed by atoms with van der Waals surface area (Å²) in [6.45, 7) is 3.25. The van der Waals surface area contributed by atoms with E-state index in [1.165, 1.54) is 12.8 Å². The van der Waals surface area contributed by atoms with Crippen molar-refractivity contribution in [3.63, 3.8) is 0 Å². The van der Waals surface area contributed by atoms with Crippen molar-refractivity contribution in [3.05, 3.63) is 35.9 Å². The van der Waals surface area contributed by atoms with Crippen LogP contribution < -0.4 is 5.32 Å². The highest BCUT2D eigenvalue weighted by molar-refractivity contribution is 5.77. The van der Waals surface area contributed by atoms with Gasteiger partial charge in [-0.15, -0.1) is 0 Å². The SMILES string of the molecule is O=C(CC1(N2CCOCC2)CCCC1)N[C@H](CO)c1ccccc1. The van der Waals surface area contributed by atoms with Crippen LogP contribution in [0, 0.1) is 0 Å². The van der Waals surface area contributed by atoms with Gasteiger partial charge in [-0.3, -0.25) is 9.69 Å². The number of amides is 1. The molecule has 2 aliphatic rings. The summed E-state index contributed by atoms with van der Waals surface area (Å²) in [7, 11) is 0. The number of rotatable bonds is 6. The summed E-state index contributed by atoms with van der Waals surface area (Å²) in [4.78, 5) is 15.2. The van der Waals surface area contributed by atoms with E-state index in [4.69, 9.17) is 4.74 Å². The van der Waals surface area contributed by atoms with Crippen LogP contribution in [0.5, 0.6) is 0 Å². The average molecular weight is 332 g/mol. The zero-order valence-electron chi connectivity index (χ0n) is 14.2. The highest BCUT2D eigenvalue weighted by Crippen LogP contribution is 2.38. The Balaban J connectivity index is 1.65. The van der Waals surface area contributed by atoms with E-state index in [2.05, 4.69) is 10.2 Å². The fourth-order valence-electron chi connectivity index (χ4n) is 4.14. The van der Waals surface area contributed by atoms with Gasteiger partial charge in [0.15, 0.2) is 0 Å². The molecule has 0 bridgehead atoms. The molecular weight excluding hydrogens is 304 g/mol. The monoisotopic (exact) mass is 332 g/mol. The smallest absolute Gasteiger partial charge is 0.222 e. The van der Waals surface area contributed by atoms with Crippen LogP contribution in [-0.4, -0.2) is 54.4 Å². The van der Waals surface area contributed by atoms with E-state index in [9.17, 15) is 9.90 Å². The predicted molar refractivity (Wildman–Crippen MR) is 92.6 cm³/mol. The topological polar surface area (TPSA) is 61.8 Å². The first-order valence-corrected chi connectivity index (χ1v) is 9.01. The van der Waals surface area contributed by atoms with Crippen LogP contribution in [-0.2, 0) is 9.53 Å². The van der Waals surface area contributed by atoms with Gasteiger partial charge in [0.05, 0.1) is 25.9 Å². The number of benzene rings is 1. The average Bonchev–Trinajstić information content (AvgIpc) is 3.11. The van der Waals surface area contributed by atoms with E-state index in [-0.39, 0.29) is 24.1 Å². The van der Waals surface area contributed by atoms with E-state index in [0.717, 1.165) is 44.7 Å². The fraction of sp³-hybridized carbons (Fsp3) is 0.632. The lowest BCUT2D eigenvalue weighted by atomic mass is 9.89. The Labute approximate surface area is 144 Å². The molecule has 5 nitrogen and oxygen atoms in total. The summed E-state index contributed by atoms with van der Waals surface area (Å²) in [6, 6.07) is 9.34. The van der Waals surface area contributed by atoms with Crippen LogP contribution in [0.3, 0.4) is 0 Å². The second-order valence-corrected chi connectivity index (χ2v) is 6.92. The molecule has 1 saturated heterocycles. The minimum Gasteiger partial charge on any atom is -0.394 e. The first-order valence-electron chi connectivity index (χ1n) is 9.01. The number of aliphatic hydroxyl groups is 1. The third-order valence-corrected chi connectivity index (χ3v) is 5.43. The summed E-state index contributed by atoms with van der Waals surface area (Å²) in [5.74, 6) is 0.0336. The zero-order valence-corrected chi connectivity index (χ0v) is 14.2. The maximum atomic E-state index is 12.7. The molecule has 0 spiro atoms. The lowest BCUT2D eigenvalue weighted by Crippen LogP contribution is -2.54. The number of nitrogens with zero attached hydrogens (tertiary/aromatic N) is 1. The number of nitrogens with one attached hydrogen (secondary N) is 1. The number of carbonyl (C=O) groups excluding carboxylic acids is 1. The van der Waals surface area contributed by atoms with E-state index in [0.29, 0.717) is 6.42 Å². The number of ether oxygens (including phenoxy) is 1. The van der Waals surface area contributed by atoms with Crippen LogP contribution in [0.15, 0.2) is 30.3 Å². The molecule has 1 aromatic carbocycles. The van der Waals surface area contributed by atoms with Crippen molar-refractivity contribution < 1.29 is 14.6 Å². The third-order valence-electron chi connectivity index (χ3n) is 5.43. The molecule has 1 aliphatic heterocycles. The van der Waals surface area contributed by atoms with Crippen LogP contribution in [0.2, 0.25) is 0 Å². The number of hydrogen-bond donors (Lipinski definition) is 2. The minimum absolute atomic E-state index is 0.0233. The van der Waals surface area contributed by atoms with Crippen molar-refractivity contribution in [2.45, 2.75) is 43.7 Å². The molecule has 132 valence electrons. The van der Waals surface area contributed by atoms with Crippen molar-refractivity contribution in [2.24, 2.45) is 0 Å². The number of hydrogen-bond acceptors (Lipinski definition) is 4. The van der Waals surface area contributed by atoms with Gasteiger partial charge in [-0.1, -0.05) is 43.2 Å². The molecule has 1 amide bonds. The zero-order chi connectivity index (χ0) is 16.8. The summed E-state index contributed by atoms with van der Waals surface area (Å²) in [6.07, 6.45) is 5.04. The Hall–Kier alpha value is -1.43. The molecule has 24 heavy (non-hydrogen) atoms. The first-order chi connectivity index (χ1) is 11.7. The van der Waals surface area contributed by atoms with Gasteiger partial charge in [0.1, 0.15) is 0 Å². The van der Waals surface area contributed by atoms with Crippen molar-refractivity contribution in [1.29, 1.82) is 0 Å². The number of aliphatic hydroxyl groups excluding tert-OH is 1. The van der Waals surface area contributed by atoms with Gasteiger partial charge in [0, 0.05) is 25.0 Å². The second-order valence-electron chi connectivity index (χ2n) is 6.92. The van der Waals surface area contributed by atoms with Crippen molar-refractivity contribution >= 4 is 5.91 Å². The Morgan fingerprint density at radius 3 is 2.50 bits per heavy atom. The van der Waals surface area contributed by atoms with Gasteiger partial charge >= 0.3 is 0 Å². The molecule has 3 rings (SSSR count). The third kappa shape index (κ3) is 3.97. The van der Waals surface area contributed by atoms with Gasteiger partial charge in [-0.2, -0.15) is 0 Å². The number of morpholine rings is 1. The molecule has 1 aliphatic carbocycles. The highest BCUT2D eigenvalue weighted by atomic mass is 16.5. The molecule has 1 atom stereocenters. The van der Waals surface area contributed by atoms with E-state index in [1.54, 1.807) is 0 Å². The lowest BCUT2D eigenvalue weighted by Gasteiger charge is -2.43. The maximum Gasteiger partial charge on any atom is 0.222 e. The molecule has 2 N–H and O–H groups in total. The van der Waals surface area contributed by atoms with Crippen molar-refractivity contribution in [3.8, 4) is 0 Å². The molecule has 1 heterocycles. The molecule has 0 radical (unpaired) electrons. The van der Waals surface area contributed by atoms with Crippen molar-refractivity contribution in [2.75, 3.05) is 32.9 Å². The van der Waals surface area contributed by atoms with Gasteiger partial charge < -0.3 is 15.2 Å². The largest absolute Gasteiger partial charge is 0.394 e. The Morgan fingerprint density at radius 1 is 1.21 bits per heavy atom. The van der Waals surface area contributed by atoms with Gasteiger partial charge in [-0.05, 0) is 18.4 Å². The molecule has 2 fully saturated rings. The van der Waals surface area contributed by atoms with E-state index in [1.807, 2.05) is 30.3 Å². The molecule has 1 aromatic rings. The molecular formula is C19H28N2O3. The van der Waals surface area contributed by atoms with Crippen LogP contribution >= 0.6 is 0 Å². The van der Waals surface area contributed by atoms with Gasteiger partial charge in [0.25, 0.3) is 0 Å². The quantitative estimate of drug-likeness (QED) is 0.835. The fourth-order valence-corrected chi connectivity index (χ4v) is 4.14. The van der Waals surface area contributed by atoms with E-state index >= 15 is 0 Å². The lowest BCUT2D eigenvalue weighted by molar-refractivity contribution is -0.126. The standard InChI is InChI=1S/C19H28N2O3/c22-15-17(16-6-2-1-3-7-16)20-18(23)14-19(8-4-5-9-19)21-10-12-24-13-11-21/h1-3,6-7,17,22H,4-5,8-15H2,(H,20,23)/t17-/m1/s1. The molecule has 5 heteroatoms. The van der Waals surface area contributed by atoms with Gasteiger partial charge in [-0.25, -0.2) is 0 Å².